The number of rotatable bonds is 4. The van der Waals surface area contributed by atoms with Crippen molar-refractivity contribution in [2.75, 3.05) is 11.4 Å². The molecule has 6 heteroatoms. The number of amides is 2. The van der Waals surface area contributed by atoms with Crippen LogP contribution in [-0.2, 0) is 9.59 Å². The average molecular weight is 262 g/mol. The van der Waals surface area contributed by atoms with E-state index in [1.54, 1.807) is 0 Å². The average Bonchev–Trinajstić information content (AvgIpc) is 2.77. The number of benzene rings is 1. The van der Waals surface area contributed by atoms with Gasteiger partial charge in [-0.25, -0.2) is 4.90 Å². The highest BCUT2D eigenvalue weighted by atomic mass is 16.3. The number of nitrogens with two attached hydrogens (primary N) is 1. The molecule has 0 saturated heterocycles. The van der Waals surface area contributed by atoms with Gasteiger partial charge in [-0.2, -0.15) is 0 Å². The lowest BCUT2D eigenvalue weighted by atomic mass is 10.0. The number of aliphatic hydroxyl groups is 2. The minimum atomic E-state index is -1.10. The molecule has 0 spiro atoms. The van der Waals surface area contributed by atoms with E-state index in [2.05, 4.69) is 0 Å². The van der Waals surface area contributed by atoms with Crippen molar-refractivity contribution in [1.82, 2.24) is 0 Å². The van der Waals surface area contributed by atoms with Gasteiger partial charge < -0.3 is 15.9 Å². The summed E-state index contributed by atoms with van der Waals surface area (Å²) >= 11 is 0. The van der Waals surface area contributed by atoms with Crippen molar-refractivity contribution >= 4 is 17.5 Å². The molecule has 2 rings (SSSR count). The summed E-state index contributed by atoms with van der Waals surface area (Å²) in [6.45, 7) is -0.0596. The molecule has 1 aliphatic rings. The number of imide groups is 1. The molecule has 1 aromatic carbocycles. The summed E-state index contributed by atoms with van der Waals surface area (Å²) in [5.41, 5.74) is 6.14. The Bertz CT molecular complexity index is 506. The maximum absolute atomic E-state index is 11.5. The van der Waals surface area contributed by atoms with E-state index in [-0.39, 0.29) is 6.54 Å². The molecule has 0 aliphatic carbocycles. The third-order valence-electron chi connectivity index (χ3n) is 2.91. The van der Waals surface area contributed by atoms with E-state index in [1.165, 1.54) is 36.4 Å². The molecular weight excluding hydrogens is 248 g/mol. The third kappa shape index (κ3) is 2.55. The standard InChI is InChI=1S/C13H14N2O4/c14-7-10(16)13(19)8-1-3-9(4-2-8)15-11(17)5-6-12(15)18/h1-6,10,13,16,19H,7,14H2. The van der Waals surface area contributed by atoms with Gasteiger partial charge >= 0.3 is 0 Å². The van der Waals surface area contributed by atoms with Gasteiger partial charge in [0.05, 0.1) is 11.8 Å². The van der Waals surface area contributed by atoms with Gasteiger partial charge in [-0.3, -0.25) is 9.59 Å². The minimum absolute atomic E-state index is 0.0596. The molecule has 0 bridgehead atoms. The molecule has 1 aromatic rings. The second kappa shape index (κ2) is 5.31. The van der Waals surface area contributed by atoms with E-state index in [9.17, 15) is 19.8 Å². The van der Waals surface area contributed by atoms with Crippen LogP contribution in [0.3, 0.4) is 0 Å². The SMILES string of the molecule is NCC(O)C(O)c1ccc(N2C(=O)C=CC2=O)cc1. The Morgan fingerprint density at radius 3 is 2.05 bits per heavy atom. The minimum Gasteiger partial charge on any atom is -0.389 e. The maximum Gasteiger partial charge on any atom is 0.258 e. The number of carbonyl (C=O) groups excluding carboxylic acids is 2. The van der Waals surface area contributed by atoms with Crippen molar-refractivity contribution in [3.05, 3.63) is 42.0 Å². The highest BCUT2D eigenvalue weighted by Gasteiger charge is 2.25. The van der Waals surface area contributed by atoms with Crippen molar-refractivity contribution in [2.45, 2.75) is 12.2 Å². The Morgan fingerprint density at radius 1 is 1.05 bits per heavy atom. The zero-order chi connectivity index (χ0) is 14.0. The van der Waals surface area contributed by atoms with Crippen LogP contribution >= 0.6 is 0 Å². The number of nitrogens with zero attached hydrogens (tertiary/aromatic N) is 1. The van der Waals surface area contributed by atoms with Gasteiger partial charge in [-0.1, -0.05) is 12.1 Å². The molecule has 0 aromatic heterocycles. The highest BCUT2D eigenvalue weighted by Crippen LogP contribution is 2.23. The van der Waals surface area contributed by atoms with E-state index < -0.39 is 24.0 Å². The fourth-order valence-corrected chi connectivity index (χ4v) is 1.83. The van der Waals surface area contributed by atoms with E-state index in [0.717, 1.165) is 4.90 Å². The number of hydrogen-bond donors (Lipinski definition) is 3. The van der Waals surface area contributed by atoms with Crippen LogP contribution in [0.4, 0.5) is 5.69 Å². The number of aliphatic hydroxyl groups excluding tert-OH is 2. The zero-order valence-corrected chi connectivity index (χ0v) is 10.1. The molecule has 0 fully saturated rings. The molecule has 2 unspecified atom stereocenters. The first kappa shape index (κ1) is 13.4. The molecule has 2 amide bonds. The number of hydrogen-bond acceptors (Lipinski definition) is 5. The van der Waals surface area contributed by atoms with Gasteiger partial charge in [0.1, 0.15) is 6.10 Å². The monoisotopic (exact) mass is 262 g/mol. The Balaban J connectivity index is 2.19. The summed E-state index contributed by atoms with van der Waals surface area (Å²) in [5, 5.41) is 19.2. The molecule has 0 saturated carbocycles. The molecule has 19 heavy (non-hydrogen) atoms. The lowest BCUT2D eigenvalue weighted by Crippen LogP contribution is -2.30. The second-order valence-electron chi connectivity index (χ2n) is 4.18. The van der Waals surface area contributed by atoms with Gasteiger partial charge in [0.25, 0.3) is 11.8 Å². The van der Waals surface area contributed by atoms with Crippen molar-refractivity contribution in [3.63, 3.8) is 0 Å². The highest BCUT2D eigenvalue weighted by molar-refractivity contribution is 6.28. The smallest absolute Gasteiger partial charge is 0.258 e. The van der Waals surface area contributed by atoms with Crippen molar-refractivity contribution in [1.29, 1.82) is 0 Å². The fourth-order valence-electron chi connectivity index (χ4n) is 1.83. The Hall–Kier alpha value is -2.02. The van der Waals surface area contributed by atoms with Crippen LogP contribution in [-0.4, -0.2) is 34.7 Å². The topological polar surface area (TPSA) is 104 Å². The van der Waals surface area contributed by atoms with Crippen molar-refractivity contribution in [2.24, 2.45) is 5.73 Å². The van der Waals surface area contributed by atoms with Crippen LogP contribution in [0, 0.1) is 0 Å². The molecule has 2 atom stereocenters. The normalized spacial score (nSPS) is 17.9. The summed E-state index contributed by atoms with van der Waals surface area (Å²) in [4.78, 5) is 24.0. The second-order valence-corrected chi connectivity index (χ2v) is 4.18. The molecule has 4 N–H and O–H groups in total. The Labute approximate surface area is 109 Å². The van der Waals surface area contributed by atoms with E-state index >= 15 is 0 Å². The van der Waals surface area contributed by atoms with Crippen LogP contribution in [0.25, 0.3) is 0 Å². The maximum atomic E-state index is 11.5. The largest absolute Gasteiger partial charge is 0.389 e. The van der Waals surface area contributed by atoms with Crippen molar-refractivity contribution < 1.29 is 19.8 Å². The van der Waals surface area contributed by atoms with Crippen LogP contribution < -0.4 is 10.6 Å². The Kier molecular flexibility index (Phi) is 3.75. The van der Waals surface area contributed by atoms with Crippen LogP contribution in [0.5, 0.6) is 0 Å². The molecule has 0 radical (unpaired) electrons. The van der Waals surface area contributed by atoms with Crippen molar-refractivity contribution in [3.8, 4) is 0 Å². The first-order valence-corrected chi connectivity index (χ1v) is 5.77. The van der Waals surface area contributed by atoms with E-state index in [4.69, 9.17) is 5.73 Å². The van der Waals surface area contributed by atoms with Crippen LogP contribution in [0.15, 0.2) is 36.4 Å². The molecule has 1 heterocycles. The summed E-state index contributed by atoms with van der Waals surface area (Å²) in [6.07, 6.45) is 0.247. The first-order chi connectivity index (χ1) is 9.04. The van der Waals surface area contributed by atoms with E-state index in [0.29, 0.717) is 11.3 Å². The van der Waals surface area contributed by atoms with Gasteiger partial charge in [0, 0.05) is 18.7 Å². The summed E-state index contributed by atoms with van der Waals surface area (Å²) in [6, 6.07) is 6.14. The number of anilines is 1. The van der Waals surface area contributed by atoms with Gasteiger partial charge in [0.15, 0.2) is 0 Å². The summed E-state index contributed by atoms with van der Waals surface area (Å²) < 4.78 is 0. The quantitative estimate of drug-likeness (QED) is 0.633. The van der Waals surface area contributed by atoms with Gasteiger partial charge in [-0.15, -0.1) is 0 Å². The molecule has 1 aliphatic heterocycles. The van der Waals surface area contributed by atoms with Crippen LogP contribution in [0.1, 0.15) is 11.7 Å². The van der Waals surface area contributed by atoms with Gasteiger partial charge in [-0.05, 0) is 17.7 Å². The lowest BCUT2D eigenvalue weighted by molar-refractivity contribution is -0.119. The zero-order valence-electron chi connectivity index (χ0n) is 10.1. The molecule has 100 valence electrons. The fraction of sp³-hybridized carbons (Fsp3) is 0.231. The molecular formula is C13H14N2O4. The van der Waals surface area contributed by atoms with Gasteiger partial charge in [0.2, 0.25) is 0 Å². The Morgan fingerprint density at radius 2 is 1.58 bits per heavy atom. The summed E-state index contributed by atoms with van der Waals surface area (Å²) in [7, 11) is 0. The molecule has 6 nitrogen and oxygen atoms in total. The third-order valence-corrected chi connectivity index (χ3v) is 2.91. The van der Waals surface area contributed by atoms with E-state index in [1.807, 2.05) is 0 Å². The van der Waals surface area contributed by atoms with Crippen LogP contribution in [0.2, 0.25) is 0 Å². The summed E-state index contributed by atoms with van der Waals surface area (Å²) in [5.74, 6) is -0.805. The predicted octanol–water partition coefficient (Wildman–Crippen LogP) is -0.531. The lowest BCUT2D eigenvalue weighted by Gasteiger charge is -2.18. The first-order valence-electron chi connectivity index (χ1n) is 5.77. The number of carbonyl (C=O) groups is 2. The predicted molar refractivity (Wildman–Crippen MR) is 68.1 cm³/mol.